The maximum absolute atomic E-state index is 14.8. The van der Waals surface area contributed by atoms with Gasteiger partial charge in [-0.25, -0.2) is 14.4 Å². The number of rotatable bonds is 2. The summed E-state index contributed by atoms with van der Waals surface area (Å²) in [5, 5.41) is 6.16. The van der Waals surface area contributed by atoms with Gasteiger partial charge in [0.25, 0.3) is 5.91 Å². The molecular weight excluding hydrogens is 345 g/mol. The van der Waals surface area contributed by atoms with Gasteiger partial charge in [-0.1, -0.05) is 0 Å². The van der Waals surface area contributed by atoms with E-state index in [0.717, 1.165) is 11.4 Å². The summed E-state index contributed by atoms with van der Waals surface area (Å²) in [6.07, 6.45) is 0. The Kier molecular flexibility index (Phi) is 3.73. The molecule has 4 rings (SSSR count). The van der Waals surface area contributed by atoms with Gasteiger partial charge in [0.15, 0.2) is 0 Å². The van der Waals surface area contributed by atoms with Crippen molar-refractivity contribution in [3.63, 3.8) is 0 Å². The highest BCUT2D eigenvalue weighted by Crippen LogP contribution is 2.35. The van der Waals surface area contributed by atoms with E-state index in [1.807, 2.05) is 34.6 Å². The minimum absolute atomic E-state index is 0.134. The standard InChI is InChI=1S/C20H22FN5O/c1-9-16-11(19(27)23-9)8-14(24-16)15-12(21)6-7-13-17(15)25-18(10(2)22-13)26-20(3,4)5/h6-9,24H,1-5H3,(H,23,27)(H,25,26)/t9-/m1/s1. The Morgan fingerprint density at radius 2 is 1.96 bits per heavy atom. The van der Waals surface area contributed by atoms with Gasteiger partial charge in [0.1, 0.15) is 17.2 Å². The van der Waals surface area contributed by atoms with Gasteiger partial charge in [0.2, 0.25) is 0 Å². The molecule has 0 saturated carbocycles. The van der Waals surface area contributed by atoms with E-state index in [1.54, 1.807) is 12.1 Å². The Hall–Kier alpha value is -2.96. The molecule has 0 fully saturated rings. The lowest BCUT2D eigenvalue weighted by Gasteiger charge is -2.22. The van der Waals surface area contributed by atoms with Gasteiger partial charge in [0, 0.05) is 5.54 Å². The Labute approximate surface area is 156 Å². The Morgan fingerprint density at radius 1 is 1.22 bits per heavy atom. The van der Waals surface area contributed by atoms with Crippen LogP contribution in [0.15, 0.2) is 18.2 Å². The Balaban J connectivity index is 1.94. The van der Waals surface area contributed by atoms with Crippen LogP contribution in [0.3, 0.4) is 0 Å². The van der Waals surface area contributed by atoms with Crippen LogP contribution in [-0.2, 0) is 0 Å². The van der Waals surface area contributed by atoms with Crippen LogP contribution < -0.4 is 10.6 Å². The van der Waals surface area contributed by atoms with E-state index in [9.17, 15) is 9.18 Å². The number of H-pyrrole nitrogens is 1. The number of fused-ring (bicyclic) bond motifs is 2. The number of aromatic amines is 1. The Bertz CT molecular complexity index is 1080. The summed E-state index contributed by atoms with van der Waals surface area (Å²) < 4.78 is 14.8. The zero-order chi connectivity index (χ0) is 19.5. The number of hydrogen-bond acceptors (Lipinski definition) is 4. The normalized spacial score (nSPS) is 16.5. The molecule has 6 nitrogen and oxygen atoms in total. The molecule has 0 bridgehead atoms. The average Bonchev–Trinajstić information content (AvgIpc) is 3.09. The molecule has 7 heteroatoms. The van der Waals surface area contributed by atoms with Gasteiger partial charge in [-0.2, -0.15) is 0 Å². The first kappa shape index (κ1) is 17.5. The molecule has 1 aliphatic rings. The van der Waals surface area contributed by atoms with E-state index in [0.29, 0.717) is 33.7 Å². The summed E-state index contributed by atoms with van der Waals surface area (Å²) in [5.74, 6) is 0.0556. The molecular formula is C20H22FN5O. The quantitative estimate of drug-likeness (QED) is 0.637. The fourth-order valence-electron chi connectivity index (χ4n) is 3.40. The smallest absolute Gasteiger partial charge is 0.253 e. The second-order valence-electron chi connectivity index (χ2n) is 8.03. The van der Waals surface area contributed by atoms with Crippen molar-refractivity contribution < 1.29 is 9.18 Å². The fraction of sp³-hybridized carbons (Fsp3) is 0.350. The number of carbonyl (C=O) groups is 1. The summed E-state index contributed by atoms with van der Waals surface area (Å²) in [6, 6.07) is 4.56. The third-order valence-corrected chi connectivity index (χ3v) is 4.60. The van der Waals surface area contributed by atoms with E-state index in [4.69, 9.17) is 0 Å². The molecule has 1 aliphatic heterocycles. The van der Waals surface area contributed by atoms with Gasteiger partial charge >= 0.3 is 0 Å². The molecule has 1 atom stereocenters. The highest BCUT2D eigenvalue weighted by molar-refractivity contribution is 6.01. The topological polar surface area (TPSA) is 82.7 Å². The number of anilines is 1. The van der Waals surface area contributed by atoms with Crippen LogP contribution in [0.5, 0.6) is 0 Å². The van der Waals surface area contributed by atoms with Crippen molar-refractivity contribution in [3.8, 4) is 11.3 Å². The number of aromatic nitrogens is 3. The maximum atomic E-state index is 14.8. The maximum Gasteiger partial charge on any atom is 0.253 e. The molecule has 0 aliphatic carbocycles. The molecule has 0 saturated heterocycles. The van der Waals surface area contributed by atoms with Crippen LogP contribution in [0.25, 0.3) is 22.3 Å². The molecule has 3 aromatic rings. The molecule has 27 heavy (non-hydrogen) atoms. The molecule has 1 amide bonds. The third kappa shape index (κ3) is 2.93. The van der Waals surface area contributed by atoms with Gasteiger partial charge in [0.05, 0.1) is 39.8 Å². The third-order valence-electron chi connectivity index (χ3n) is 4.60. The minimum Gasteiger partial charge on any atom is -0.364 e. The first-order valence-corrected chi connectivity index (χ1v) is 8.93. The lowest BCUT2D eigenvalue weighted by molar-refractivity contribution is 0.0958. The lowest BCUT2D eigenvalue weighted by Crippen LogP contribution is -2.27. The summed E-state index contributed by atoms with van der Waals surface area (Å²) >= 11 is 0. The molecule has 0 spiro atoms. The van der Waals surface area contributed by atoms with Crippen molar-refractivity contribution >= 4 is 22.8 Å². The molecule has 0 unspecified atom stereocenters. The molecule has 3 N–H and O–H groups in total. The summed E-state index contributed by atoms with van der Waals surface area (Å²) in [5.41, 5.74) is 3.77. The van der Waals surface area contributed by atoms with Crippen molar-refractivity contribution in [2.45, 2.75) is 46.2 Å². The predicted octanol–water partition coefficient (Wildman–Crippen LogP) is 4.09. The van der Waals surface area contributed by atoms with E-state index in [-0.39, 0.29) is 17.5 Å². The summed E-state index contributed by atoms with van der Waals surface area (Å²) in [4.78, 5) is 24.5. The number of halogens is 1. The molecule has 140 valence electrons. The van der Waals surface area contributed by atoms with Crippen LogP contribution in [0.1, 0.15) is 55.5 Å². The highest BCUT2D eigenvalue weighted by Gasteiger charge is 2.29. The van der Waals surface area contributed by atoms with Crippen LogP contribution in [-0.4, -0.2) is 26.4 Å². The van der Waals surface area contributed by atoms with Gasteiger partial charge in [-0.05, 0) is 52.8 Å². The second-order valence-corrected chi connectivity index (χ2v) is 8.03. The zero-order valence-electron chi connectivity index (χ0n) is 16.0. The first-order valence-electron chi connectivity index (χ1n) is 8.93. The number of amides is 1. The first-order chi connectivity index (χ1) is 12.6. The van der Waals surface area contributed by atoms with E-state index in [1.165, 1.54) is 6.07 Å². The minimum atomic E-state index is -0.407. The monoisotopic (exact) mass is 367 g/mol. The molecule has 2 aromatic heterocycles. The van der Waals surface area contributed by atoms with Crippen molar-refractivity contribution in [1.82, 2.24) is 20.3 Å². The molecule has 0 radical (unpaired) electrons. The van der Waals surface area contributed by atoms with Crippen LogP contribution >= 0.6 is 0 Å². The molecule has 1 aromatic carbocycles. The highest BCUT2D eigenvalue weighted by atomic mass is 19.1. The number of aryl methyl sites for hydroxylation is 1. The van der Waals surface area contributed by atoms with Crippen LogP contribution in [0, 0.1) is 12.7 Å². The largest absolute Gasteiger partial charge is 0.364 e. The van der Waals surface area contributed by atoms with Crippen LogP contribution in [0.2, 0.25) is 0 Å². The van der Waals surface area contributed by atoms with E-state index >= 15 is 0 Å². The average molecular weight is 367 g/mol. The van der Waals surface area contributed by atoms with Crippen molar-refractivity contribution in [2.75, 3.05) is 5.32 Å². The zero-order valence-corrected chi connectivity index (χ0v) is 16.0. The predicted molar refractivity (Wildman–Crippen MR) is 103 cm³/mol. The number of nitrogens with one attached hydrogen (secondary N) is 3. The summed E-state index contributed by atoms with van der Waals surface area (Å²) in [7, 11) is 0. The number of hydrogen-bond donors (Lipinski definition) is 3. The van der Waals surface area contributed by atoms with Gasteiger partial charge < -0.3 is 15.6 Å². The SMILES string of the molecule is Cc1nc2ccc(F)c(-c3cc4c([nH]3)[C@@H](C)NC4=O)c2nc1NC(C)(C)C. The number of nitrogens with zero attached hydrogens (tertiary/aromatic N) is 2. The number of benzene rings is 1. The lowest BCUT2D eigenvalue weighted by atomic mass is 10.1. The number of carbonyl (C=O) groups excluding carboxylic acids is 1. The van der Waals surface area contributed by atoms with Gasteiger partial charge in [-0.3, -0.25) is 4.79 Å². The van der Waals surface area contributed by atoms with E-state index < -0.39 is 5.82 Å². The van der Waals surface area contributed by atoms with Crippen molar-refractivity contribution in [2.24, 2.45) is 0 Å². The summed E-state index contributed by atoms with van der Waals surface area (Å²) in [6.45, 7) is 9.84. The Morgan fingerprint density at radius 3 is 2.63 bits per heavy atom. The van der Waals surface area contributed by atoms with Crippen molar-refractivity contribution in [3.05, 3.63) is 41.0 Å². The van der Waals surface area contributed by atoms with E-state index in [2.05, 4.69) is 25.6 Å². The van der Waals surface area contributed by atoms with Crippen molar-refractivity contribution in [1.29, 1.82) is 0 Å². The van der Waals surface area contributed by atoms with Crippen LogP contribution in [0.4, 0.5) is 10.2 Å². The van der Waals surface area contributed by atoms with Gasteiger partial charge in [-0.15, -0.1) is 0 Å². The second kappa shape index (κ2) is 5.77. The molecule has 3 heterocycles. The fourth-order valence-corrected chi connectivity index (χ4v) is 3.40.